The zero-order valence-electron chi connectivity index (χ0n) is 11.7. The van der Waals surface area contributed by atoms with Crippen molar-refractivity contribution in [3.8, 4) is 10.8 Å². The fourth-order valence-corrected chi connectivity index (χ4v) is 3.20. The number of aromatic nitrogens is 3. The number of thiazole rings is 1. The molecule has 1 fully saturated rings. The van der Waals surface area contributed by atoms with Crippen molar-refractivity contribution in [1.82, 2.24) is 19.9 Å². The molecule has 0 aromatic carbocycles. The van der Waals surface area contributed by atoms with E-state index in [0.29, 0.717) is 23.8 Å². The Balaban J connectivity index is 1.83. The third-order valence-electron chi connectivity index (χ3n) is 3.53. The average Bonchev–Trinajstić information content (AvgIpc) is 3.05. The predicted octanol–water partition coefficient (Wildman–Crippen LogP) is 1.68. The Bertz CT molecular complexity index is 688. The van der Waals surface area contributed by atoms with E-state index in [1.165, 1.54) is 16.2 Å². The number of nitrogens with zero attached hydrogens (tertiary/aromatic N) is 4. The van der Waals surface area contributed by atoms with Crippen molar-refractivity contribution in [1.29, 1.82) is 0 Å². The van der Waals surface area contributed by atoms with E-state index >= 15 is 0 Å². The minimum Gasteiger partial charge on any atom is -0.480 e. The number of hydrogen-bond donors (Lipinski definition) is 1. The van der Waals surface area contributed by atoms with E-state index in [1.807, 2.05) is 0 Å². The van der Waals surface area contributed by atoms with Crippen molar-refractivity contribution >= 4 is 23.2 Å². The van der Waals surface area contributed by atoms with Crippen molar-refractivity contribution in [3.05, 3.63) is 29.5 Å². The van der Waals surface area contributed by atoms with Gasteiger partial charge in [0.2, 0.25) is 0 Å². The molecule has 1 N–H and O–H groups in total. The molecule has 1 saturated heterocycles. The lowest BCUT2D eigenvalue weighted by molar-refractivity contribution is -0.143. The molecule has 0 bridgehead atoms. The number of piperidine rings is 1. The molecule has 1 atom stereocenters. The van der Waals surface area contributed by atoms with E-state index in [2.05, 4.69) is 15.0 Å². The average molecular weight is 318 g/mol. The van der Waals surface area contributed by atoms with Crippen LogP contribution in [-0.2, 0) is 4.79 Å². The van der Waals surface area contributed by atoms with Gasteiger partial charge in [-0.25, -0.2) is 19.7 Å². The van der Waals surface area contributed by atoms with Gasteiger partial charge in [-0.1, -0.05) is 0 Å². The maximum atomic E-state index is 12.5. The van der Waals surface area contributed by atoms with Gasteiger partial charge in [-0.2, -0.15) is 0 Å². The highest BCUT2D eigenvalue weighted by atomic mass is 32.1. The summed E-state index contributed by atoms with van der Waals surface area (Å²) in [4.78, 5) is 37.7. The zero-order valence-corrected chi connectivity index (χ0v) is 12.5. The molecular formula is C14H14N4O3S. The Morgan fingerprint density at radius 1 is 1.27 bits per heavy atom. The van der Waals surface area contributed by atoms with Crippen LogP contribution >= 0.6 is 11.3 Å². The number of rotatable bonds is 3. The largest absolute Gasteiger partial charge is 0.480 e. The Kier molecular flexibility index (Phi) is 4.10. The van der Waals surface area contributed by atoms with E-state index in [9.17, 15) is 14.7 Å². The predicted molar refractivity (Wildman–Crippen MR) is 79.5 cm³/mol. The molecule has 1 amide bonds. The second-order valence-corrected chi connectivity index (χ2v) is 5.82. The number of hydrogen-bond acceptors (Lipinski definition) is 6. The van der Waals surface area contributed by atoms with E-state index in [0.717, 1.165) is 12.8 Å². The van der Waals surface area contributed by atoms with Crippen LogP contribution in [0.1, 0.15) is 29.8 Å². The van der Waals surface area contributed by atoms with Crippen LogP contribution < -0.4 is 0 Å². The Morgan fingerprint density at radius 2 is 2.05 bits per heavy atom. The topological polar surface area (TPSA) is 96.3 Å². The smallest absolute Gasteiger partial charge is 0.326 e. The molecule has 7 nitrogen and oxygen atoms in total. The maximum Gasteiger partial charge on any atom is 0.326 e. The van der Waals surface area contributed by atoms with Gasteiger partial charge in [-0.15, -0.1) is 11.3 Å². The van der Waals surface area contributed by atoms with Crippen LogP contribution in [0.3, 0.4) is 0 Å². The lowest BCUT2D eigenvalue weighted by Gasteiger charge is -2.32. The molecule has 1 unspecified atom stereocenters. The third-order valence-corrected chi connectivity index (χ3v) is 4.37. The summed E-state index contributed by atoms with van der Waals surface area (Å²) in [5.41, 5.74) is 0.251. The summed E-state index contributed by atoms with van der Waals surface area (Å²) >= 11 is 1.27. The van der Waals surface area contributed by atoms with E-state index in [1.54, 1.807) is 23.8 Å². The van der Waals surface area contributed by atoms with Crippen LogP contribution in [0.2, 0.25) is 0 Å². The molecule has 0 spiro atoms. The number of aliphatic carboxylic acids is 1. The van der Waals surface area contributed by atoms with Gasteiger partial charge in [0.05, 0.1) is 0 Å². The monoisotopic (exact) mass is 318 g/mol. The highest BCUT2D eigenvalue weighted by molar-refractivity contribution is 7.13. The highest BCUT2D eigenvalue weighted by Gasteiger charge is 2.33. The molecule has 2 aromatic heterocycles. The second kappa shape index (κ2) is 6.18. The lowest BCUT2D eigenvalue weighted by Crippen LogP contribution is -2.48. The first-order valence-corrected chi connectivity index (χ1v) is 7.81. The second-order valence-electron chi connectivity index (χ2n) is 4.96. The molecule has 2 aromatic rings. The molecule has 1 aliphatic heterocycles. The van der Waals surface area contributed by atoms with Gasteiger partial charge in [-0.05, 0) is 25.3 Å². The van der Waals surface area contributed by atoms with Crippen molar-refractivity contribution in [2.75, 3.05) is 6.54 Å². The van der Waals surface area contributed by atoms with Crippen molar-refractivity contribution in [3.63, 3.8) is 0 Å². The van der Waals surface area contributed by atoms with E-state index in [4.69, 9.17) is 0 Å². The van der Waals surface area contributed by atoms with Gasteiger partial charge in [0, 0.05) is 24.3 Å². The first-order valence-electron chi connectivity index (χ1n) is 6.93. The van der Waals surface area contributed by atoms with Gasteiger partial charge in [0.25, 0.3) is 5.91 Å². The normalized spacial score (nSPS) is 18.2. The molecule has 0 radical (unpaired) electrons. The van der Waals surface area contributed by atoms with Crippen LogP contribution in [0.15, 0.2) is 23.8 Å². The SMILES string of the molecule is O=C(O)C1CCCCN1C(=O)c1csc(-c2ncccn2)n1. The summed E-state index contributed by atoms with van der Waals surface area (Å²) < 4.78 is 0. The summed E-state index contributed by atoms with van der Waals surface area (Å²) in [7, 11) is 0. The molecule has 114 valence electrons. The molecule has 0 aliphatic carbocycles. The summed E-state index contributed by atoms with van der Waals surface area (Å²) in [5.74, 6) is -0.847. The van der Waals surface area contributed by atoms with Crippen LogP contribution in [0.5, 0.6) is 0 Å². The van der Waals surface area contributed by atoms with Gasteiger partial charge in [0.1, 0.15) is 11.7 Å². The van der Waals surface area contributed by atoms with Gasteiger partial charge in [0.15, 0.2) is 10.8 Å². The van der Waals surface area contributed by atoms with E-state index in [-0.39, 0.29) is 11.6 Å². The van der Waals surface area contributed by atoms with Crippen molar-refractivity contribution in [2.24, 2.45) is 0 Å². The van der Waals surface area contributed by atoms with E-state index < -0.39 is 12.0 Å². The van der Waals surface area contributed by atoms with Gasteiger partial charge < -0.3 is 10.0 Å². The molecule has 22 heavy (non-hydrogen) atoms. The minimum absolute atomic E-state index is 0.251. The fourth-order valence-electron chi connectivity index (χ4n) is 2.46. The minimum atomic E-state index is -0.963. The first-order chi connectivity index (χ1) is 10.7. The summed E-state index contributed by atoms with van der Waals surface area (Å²) in [5, 5.41) is 11.4. The molecule has 3 heterocycles. The maximum absolute atomic E-state index is 12.5. The van der Waals surface area contributed by atoms with Crippen molar-refractivity contribution in [2.45, 2.75) is 25.3 Å². The highest BCUT2D eigenvalue weighted by Crippen LogP contribution is 2.23. The first kappa shape index (κ1) is 14.6. The number of likely N-dealkylation sites (tertiary alicyclic amines) is 1. The van der Waals surface area contributed by atoms with Crippen LogP contribution in [-0.4, -0.2) is 49.4 Å². The molecule has 3 rings (SSSR count). The lowest BCUT2D eigenvalue weighted by atomic mass is 10.0. The van der Waals surface area contributed by atoms with Crippen LogP contribution in [0, 0.1) is 0 Å². The number of carbonyl (C=O) groups is 2. The van der Waals surface area contributed by atoms with Crippen LogP contribution in [0.4, 0.5) is 0 Å². The van der Waals surface area contributed by atoms with Crippen LogP contribution in [0.25, 0.3) is 10.8 Å². The Hall–Kier alpha value is -2.35. The third kappa shape index (κ3) is 2.82. The van der Waals surface area contributed by atoms with Crippen molar-refractivity contribution < 1.29 is 14.7 Å². The summed E-state index contributed by atoms with van der Waals surface area (Å²) in [6.45, 7) is 0.449. The molecular weight excluding hydrogens is 304 g/mol. The number of carboxylic acids is 1. The summed E-state index contributed by atoms with van der Waals surface area (Å²) in [6.07, 6.45) is 5.34. The number of carboxylic acid groups (broad SMARTS) is 1. The zero-order chi connectivity index (χ0) is 15.5. The molecule has 8 heteroatoms. The fraction of sp³-hybridized carbons (Fsp3) is 0.357. The Morgan fingerprint density at radius 3 is 2.77 bits per heavy atom. The summed E-state index contributed by atoms with van der Waals surface area (Å²) in [6, 6.07) is 0.938. The van der Waals surface area contributed by atoms with Gasteiger partial charge >= 0.3 is 5.97 Å². The number of amides is 1. The number of carbonyl (C=O) groups excluding carboxylic acids is 1. The quantitative estimate of drug-likeness (QED) is 0.925. The molecule has 0 saturated carbocycles. The Labute approximate surface area is 130 Å². The standard InChI is InChI=1S/C14H14N4O3S/c19-13(18-7-2-1-4-10(18)14(20)21)9-8-22-12(17-9)11-15-5-3-6-16-11/h3,5-6,8,10H,1-2,4,7H2,(H,20,21). The molecule has 1 aliphatic rings. The van der Waals surface area contributed by atoms with Gasteiger partial charge in [-0.3, -0.25) is 4.79 Å².